The highest BCUT2D eigenvalue weighted by atomic mass is 32.2. The first kappa shape index (κ1) is 22.1. The highest BCUT2D eigenvalue weighted by Crippen LogP contribution is 2.25. The first-order valence-corrected chi connectivity index (χ1v) is 12.2. The van der Waals surface area contributed by atoms with Crippen LogP contribution in [0, 0.1) is 13.8 Å². The normalized spacial score (nSPS) is 13.4. The molecule has 0 fully saturated rings. The molecule has 3 aromatic carbocycles. The lowest BCUT2D eigenvalue weighted by Gasteiger charge is -2.16. The smallest absolute Gasteiger partial charge is 0.266 e. The zero-order valence-electron chi connectivity index (χ0n) is 19.1. The van der Waals surface area contributed by atoms with E-state index in [1.165, 1.54) is 16.8 Å². The quantitative estimate of drug-likeness (QED) is 0.314. The maximum atomic E-state index is 13.5. The summed E-state index contributed by atoms with van der Waals surface area (Å²) in [5.74, 6) is 0.0341. The maximum Gasteiger partial charge on any atom is 0.266 e. The predicted octanol–water partition coefficient (Wildman–Crippen LogP) is 4.73. The maximum absolute atomic E-state index is 13.5. The average molecular weight is 469 g/mol. The van der Waals surface area contributed by atoms with Gasteiger partial charge in [0.15, 0.2) is 5.16 Å². The second kappa shape index (κ2) is 9.27. The molecule has 1 aliphatic heterocycles. The Labute approximate surface area is 201 Å². The van der Waals surface area contributed by atoms with Crippen molar-refractivity contribution in [2.24, 2.45) is 5.10 Å². The first-order valence-electron chi connectivity index (χ1n) is 11.2. The fraction of sp³-hybridized carbons (Fsp3) is 0.185. The number of para-hydroxylation sites is 1. The third-order valence-electron chi connectivity index (χ3n) is 5.86. The number of carbonyl (C=O) groups is 1. The molecule has 2 heterocycles. The Morgan fingerprint density at radius 3 is 2.56 bits per heavy atom. The monoisotopic (exact) mass is 468 g/mol. The van der Waals surface area contributed by atoms with Crippen molar-refractivity contribution in [2.45, 2.75) is 25.4 Å². The summed E-state index contributed by atoms with van der Waals surface area (Å²) in [5, 5.41) is 7.11. The number of carbonyl (C=O) groups excluding carboxylic acids is 1. The van der Waals surface area contributed by atoms with Crippen molar-refractivity contribution in [1.82, 2.24) is 14.6 Å². The second-order valence-electron chi connectivity index (χ2n) is 8.31. The van der Waals surface area contributed by atoms with Gasteiger partial charge in [-0.15, -0.1) is 0 Å². The van der Waals surface area contributed by atoms with Crippen LogP contribution in [0.1, 0.15) is 23.1 Å². The molecular formula is C27H24N4O2S. The molecule has 6 nitrogen and oxygen atoms in total. The van der Waals surface area contributed by atoms with Gasteiger partial charge in [0.25, 0.3) is 11.5 Å². The molecule has 1 aromatic heterocycles. The average Bonchev–Trinajstić information content (AvgIpc) is 3.35. The lowest BCUT2D eigenvalue weighted by atomic mass is 10.1. The highest BCUT2D eigenvalue weighted by Gasteiger charge is 2.23. The topological polar surface area (TPSA) is 67.6 Å². The number of hydrogen-bond donors (Lipinski definition) is 0. The summed E-state index contributed by atoms with van der Waals surface area (Å²) in [4.78, 5) is 31.2. The van der Waals surface area contributed by atoms with E-state index in [4.69, 9.17) is 4.98 Å². The Morgan fingerprint density at radius 2 is 1.76 bits per heavy atom. The van der Waals surface area contributed by atoms with Crippen LogP contribution in [0.25, 0.3) is 16.6 Å². The van der Waals surface area contributed by atoms with Crippen LogP contribution < -0.4 is 5.56 Å². The van der Waals surface area contributed by atoms with Gasteiger partial charge in [-0.1, -0.05) is 71.9 Å². The van der Waals surface area contributed by atoms with Crippen molar-refractivity contribution in [3.05, 3.63) is 99.8 Å². The van der Waals surface area contributed by atoms with E-state index in [9.17, 15) is 9.59 Å². The van der Waals surface area contributed by atoms with E-state index in [2.05, 4.69) is 5.10 Å². The van der Waals surface area contributed by atoms with Gasteiger partial charge in [0, 0.05) is 6.42 Å². The van der Waals surface area contributed by atoms with Crippen molar-refractivity contribution >= 4 is 34.3 Å². The summed E-state index contributed by atoms with van der Waals surface area (Å²) in [6.07, 6.45) is 0.724. The number of aryl methyl sites for hydroxylation is 2. The molecule has 1 aliphatic rings. The van der Waals surface area contributed by atoms with Gasteiger partial charge in [0.05, 0.1) is 34.6 Å². The Kier molecular flexibility index (Phi) is 6.02. The van der Waals surface area contributed by atoms with E-state index in [1.807, 2.05) is 80.6 Å². The summed E-state index contributed by atoms with van der Waals surface area (Å²) in [6.45, 7) is 4.55. The minimum absolute atomic E-state index is 0.106. The Morgan fingerprint density at radius 1 is 1.00 bits per heavy atom. The fourth-order valence-electron chi connectivity index (χ4n) is 4.15. The van der Waals surface area contributed by atoms with E-state index in [0.717, 1.165) is 34.5 Å². The van der Waals surface area contributed by atoms with Crippen LogP contribution in [-0.2, 0) is 4.79 Å². The molecule has 0 aliphatic carbocycles. The van der Waals surface area contributed by atoms with Gasteiger partial charge in [-0.3, -0.25) is 14.2 Å². The highest BCUT2D eigenvalue weighted by molar-refractivity contribution is 7.99. The Bertz CT molecular complexity index is 1480. The molecule has 34 heavy (non-hydrogen) atoms. The molecule has 0 atom stereocenters. The van der Waals surface area contributed by atoms with Crippen LogP contribution in [0.15, 0.2) is 87.8 Å². The van der Waals surface area contributed by atoms with Crippen molar-refractivity contribution in [2.75, 3.05) is 12.3 Å². The third-order valence-corrected chi connectivity index (χ3v) is 6.78. The molecule has 0 saturated carbocycles. The van der Waals surface area contributed by atoms with E-state index in [0.29, 0.717) is 22.6 Å². The summed E-state index contributed by atoms with van der Waals surface area (Å²) >= 11 is 1.27. The zero-order chi connectivity index (χ0) is 23.7. The summed E-state index contributed by atoms with van der Waals surface area (Å²) in [7, 11) is 0. The first-order chi connectivity index (χ1) is 16.5. The molecule has 5 rings (SSSR count). The number of nitrogens with zero attached hydrogens (tertiary/aromatic N) is 4. The van der Waals surface area contributed by atoms with Gasteiger partial charge in [-0.05, 0) is 43.2 Å². The minimum Gasteiger partial charge on any atom is -0.272 e. The molecule has 7 heteroatoms. The lowest BCUT2D eigenvalue weighted by molar-refractivity contribution is -0.127. The molecule has 0 spiro atoms. The van der Waals surface area contributed by atoms with Crippen molar-refractivity contribution in [3.63, 3.8) is 0 Å². The molecule has 1 amide bonds. The molecular weight excluding hydrogens is 444 g/mol. The van der Waals surface area contributed by atoms with Crippen molar-refractivity contribution in [3.8, 4) is 5.69 Å². The molecule has 0 radical (unpaired) electrons. The minimum atomic E-state index is -0.141. The van der Waals surface area contributed by atoms with Crippen LogP contribution in [0.4, 0.5) is 0 Å². The second-order valence-corrected chi connectivity index (χ2v) is 9.25. The number of rotatable bonds is 5. The zero-order valence-corrected chi connectivity index (χ0v) is 19.9. The van der Waals surface area contributed by atoms with E-state index >= 15 is 0 Å². The molecule has 0 N–H and O–H groups in total. The predicted molar refractivity (Wildman–Crippen MR) is 137 cm³/mol. The number of thioether (sulfide) groups is 1. The van der Waals surface area contributed by atoms with Gasteiger partial charge in [-0.2, -0.15) is 5.10 Å². The van der Waals surface area contributed by atoms with Crippen LogP contribution >= 0.6 is 11.8 Å². The summed E-state index contributed by atoms with van der Waals surface area (Å²) in [6, 6.07) is 23.2. The number of aromatic nitrogens is 2. The molecule has 0 unspecified atom stereocenters. The summed E-state index contributed by atoms with van der Waals surface area (Å²) in [5.41, 5.74) is 5.29. The fourth-order valence-corrected chi connectivity index (χ4v) is 5.02. The van der Waals surface area contributed by atoms with Gasteiger partial charge in [-0.25, -0.2) is 9.99 Å². The van der Waals surface area contributed by atoms with Gasteiger partial charge in [0.2, 0.25) is 0 Å². The molecule has 4 aromatic rings. The van der Waals surface area contributed by atoms with Gasteiger partial charge >= 0.3 is 0 Å². The largest absolute Gasteiger partial charge is 0.272 e. The van der Waals surface area contributed by atoms with E-state index < -0.39 is 0 Å². The molecule has 0 bridgehead atoms. The number of hydrazone groups is 1. The Balaban J connectivity index is 1.46. The van der Waals surface area contributed by atoms with Crippen molar-refractivity contribution < 1.29 is 4.79 Å². The summed E-state index contributed by atoms with van der Waals surface area (Å²) < 4.78 is 1.62. The standard InChI is InChI=1S/C27H24N4O2S/c1-18-12-13-24(19(2)16-18)31-26(33)21-10-6-7-11-23(21)28-27(31)34-17-25(32)30-15-14-22(29-30)20-8-4-3-5-9-20/h3-13,16H,14-15,17H2,1-2H3. The van der Waals surface area contributed by atoms with Crippen molar-refractivity contribution in [1.29, 1.82) is 0 Å². The number of hydrogen-bond acceptors (Lipinski definition) is 5. The van der Waals surface area contributed by atoms with Crippen LogP contribution in [0.3, 0.4) is 0 Å². The number of fused-ring (bicyclic) bond motifs is 1. The van der Waals surface area contributed by atoms with Crippen LogP contribution in [0.2, 0.25) is 0 Å². The van der Waals surface area contributed by atoms with Gasteiger partial charge < -0.3 is 0 Å². The number of amides is 1. The van der Waals surface area contributed by atoms with E-state index in [-0.39, 0.29) is 17.2 Å². The van der Waals surface area contributed by atoms with E-state index in [1.54, 1.807) is 10.6 Å². The lowest BCUT2D eigenvalue weighted by Crippen LogP contribution is -2.27. The third kappa shape index (κ3) is 4.26. The molecule has 0 saturated heterocycles. The van der Waals surface area contributed by atoms with Crippen LogP contribution in [-0.4, -0.2) is 38.5 Å². The SMILES string of the molecule is Cc1ccc(-n2c(SCC(=O)N3CCC(c4ccccc4)=N3)nc3ccccc3c2=O)c(C)c1. The van der Waals surface area contributed by atoms with Crippen LogP contribution in [0.5, 0.6) is 0 Å². The van der Waals surface area contributed by atoms with Gasteiger partial charge in [0.1, 0.15) is 0 Å². The Hall–Kier alpha value is -3.71. The molecule has 170 valence electrons. The number of benzene rings is 3.